The maximum absolute atomic E-state index is 13.5. The number of aromatic nitrogens is 3. The predicted octanol–water partition coefficient (Wildman–Crippen LogP) is 5.17. The lowest BCUT2D eigenvalue weighted by atomic mass is 10.2. The van der Waals surface area contributed by atoms with Crippen LogP contribution in [0.5, 0.6) is 11.5 Å². The predicted molar refractivity (Wildman–Crippen MR) is 112 cm³/mol. The van der Waals surface area contributed by atoms with Crippen LogP contribution in [0, 0.1) is 19.7 Å². The molecule has 6 nitrogen and oxygen atoms in total. The van der Waals surface area contributed by atoms with Crippen molar-refractivity contribution < 1.29 is 13.9 Å². The molecule has 0 saturated heterocycles. The maximum atomic E-state index is 13.5. The summed E-state index contributed by atoms with van der Waals surface area (Å²) in [5.74, 6) is 1.52. The Morgan fingerprint density at radius 1 is 1.07 bits per heavy atom. The Morgan fingerprint density at radius 3 is 2.66 bits per heavy atom. The molecule has 0 saturated carbocycles. The van der Waals surface area contributed by atoms with E-state index in [2.05, 4.69) is 20.3 Å². The number of thiazole rings is 1. The highest BCUT2D eigenvalue weighted by Gasteiger charge is 2.13. The van der Waals surface area contributed by atoms with Crippen LogP contribution in [-0.2, 0) is 6.61 Å². The van der Waals surface area contributed by atoms with Gasteiger partial charge < -0.3 is 14.8 Å². The van der Waals surface area contributed by atoms with Crippen molar-refractivity contribution in [2.45, 2.75) is 20.5 Å². The summed E-state index contributed by atoms with van der Waals surface area (Å²) in [5, 5.41) is 4.99. The highest BCUT2D eigenvalue weighted by Crippen LogP contribution is 2.35. The van der Waals surface area contributed by atoms with E-state index in [0.29, 0.717) is 35.0 Å². The number of nitrogens with zero attached hydrogens (tertiary/aromatic N) is 3. The van der Waals surface area contributed by atoms with E-state index in [0.717, 1.165) is 21.0 Å². The van der Waals surface area contributed by atoms with E-state index >= 15 is 0 Å². The minimum absolute atomic E-state index is 0.248. The van der Waals surface area contributed by atoms with Gasteiger partial charge in [0.1, 0.15) is 24.6 Å². The smallest absolute Gasteiger partial charge is 0.163 e. The first-order valence-corrected chi connectivity index (χ1v) is 9.75. The molecule has 0 aliphatic carbocycles. The fourth-order valence-corrected chi connectivity index (χ4v) is 3.62. The Labute approximate surface area is 171 Å². The number of methoxy groups -OCH3 is 1. The summed E-state index contributed by atoms with van der Waals surface area (Å²) in [6.45, 7) is 4.08. The first-order chi connectivity index (χ1) is 14.0. The van der Waals surface area contributed by atoms with Gasteiger partial charge in [0, 0.05) is 23.3 Å². The van der Waals surface area contributed by atoms with Gasteiger partial charge in [-0.25, -0.2) is 19.3 Å². The molecule has 2 heterocycles. The average molecular weight is 410 g/mol. The van der Waals surface area contributed by atoms with E-state index in [9.17, 15) is 4.39 Å². The van der Waals surface area contributed by atoms with Crippen molar-refractivity contribution in [3.63, 3.8) is 0 Å². The number of fused-ring (bicyclic) bond motifs is 1. The topological polar surface area (TPSA) is 69.2 Å². The molecule has 148 valence electrons. The van der Waals surface area contributed by atoms with Gasteiger partial charge in [-0.2, -0.15) is 0 Å². The molecule has 4 rings (SSSR count). The van der Waals surface area contributed by atoms with Gasteiger partial charge in [-0.05, 0) is 43.7 Å². The van der Waals surface area contributed by atoms with Crippen LogP contribution in [0.25, 0.3) is 10.9 Å². The molecule has 0 aliphatic rings. The van der Waals surface area contributed by atoms with Crippen molar-refractivity contribution in [3.05, 3.63) is 64.1 Å². The van der Waals surface area contributed by atoms with E-state index in [1.807, 2.05) is 25.3 Å². The van der Waals surface area contributed by atoms with Crippen LogP contribution in [0.2, 0.25) is 0 Å². The average Bonchev–Trinajstić information content (AvgIpc) is 3.14. The second-order valence-corrected chi connectivity index (χ2v) is 7.79. The summed E-state index contributed by atoms with van der Waals surface area (Å²) < 4.78 is 25.0. The maximum Gasteiger partial charge on any atom is 0.163 e. The van der Waals surface area contributed by atoms with Crippen LogP contribution in [0.4, 0.5) is 15.9 Å². The molecule has 0 spiro atoms. The lowest BCUT2D eigenvalue weighted by Gasteiger charge is -2.13. The van der Waals surface area contributed by atoms with Crippen molar-refractivity contribution in [2.75, 3.05) is 12.4 Å². The van der Waals surface area contributed by atoms with Crippen LogP contribution in [0.3, 0.4) is 0 Å². The molecule has 2 aromatic carbocycles. The Bertz CT molecular complexity index is 1180. The molecule has 29 heavy (non-hydrogen) atoms. The molecule has 0 fully saturated rings. The molecular weight excluding hydrogens is 391 g/mol. The van der Waals surface area contributed by atoms with Gasteiger partial charge in [0.15, 0.2) is 11.5 Å². The minimum Gasteiger partial charge on any atom is -0.493 e. The number of hydrogen-bond acceptors (Lipinski definition) is 7. The molecule has 0 unspecified atom stereocenters. The Morgan fingerprint density at radius 2 is 1.93 bits per heavy atom. The number of benzene rings is 2. The van der Waals surface area contributed by atoms with E-state index in [1.165, 1.54) is 12.4 Å². The van der Waals surface area contributed by atoms with Gasteiger partial charge in [0.25, 0.3) is 0 Å². The van der Waals surface area contributed by atoms with E-state index in [-0.39, 0.29) is 5.82 Å². The molecule has 8 heteroatoms. The summed E-state index contributed by atoms with van der Waals surface area (Å²) in [6.07, 6.45) is 3.28. The normalized spacial score (nSPS) is 10.9. The third kappa shape index (κ3) is 4.12. The summed E-state index contributed by atoms with van der Waals surface area (Å²) in [6, 6.07) is 8.48. The van der Waals surface area contributed by atoms with Crippen LogP contribution in [0.15, 0.2) is 42.9 Å². The summed E-state index contributed by atoms with van der Waals surface area (Å²) >= 11 is 1.59. The Hall–Kier alpha value is -3.26. The van der Waals surface area contributed by atoms with Gasteiger partial charge >= 0.3 is 0 Å². The van der Waals surface area contributed by atoms with Gasteiger partial charge in [0.05, 0.1) is 22.5 Å². The molecule has 1 N–H and O–H groups in total. The zero-order chi connectivity index (χ0) is 20.4. The first-order valence-electron chi connectivity index (χ1n) is 8.93. The SMILES string of the molecule is COc1cc2c(Nc3ccc(F)c(C)c3)ncnc2cc1OCc1cnc(C)s1. The number of hydrogen-bond donors (Lipinski definition) is 1. The first kappa shape index (κ1) is 19.1. The standard InChI is InChI=1S/C21H19FN4O2S/c1-12-6-14(4-5-17(12)22)26-21-16-7-19(27-3)20(8-18(16)24-11-25-21)28-10-15-9-23-13(2)29-15/h4-9,11H,10H2,1-3H3,(H,24,25,26). The molecule has 4 aromatic rings. The summed E-state index contributed by atoms with van der Waals surface area (Å²) in [4.78, 5) is 14.0. The van der Waals surface area contributed by atoms with Crippen LogP contribution in [0.1, 0.15) is 15.4 Å². The number of nitrogens with one attached hydrogen (secondary N) is 1. The number of rotatable bonds is 6. The molecule has 0 radical (unpaired) electrons. The quantitative estimate of drug-likeness (QED) is 0.473. The lowest BCUT2D eigenvalue weighted by Crippen LogP contribution is -2.00. The zero-order valence-electron chi connectivity index (χ0n) is 16.2. The molecular formula is C21H19FN4O2S. The second kappa shape index (κ2) is 8.00. The van der Waals surface area contributed by atoms with Gasteiger partial charge in [-0.3, -0.25) is 0 Å². The number of halogens is 1. The van der Waals surface area contributed by atoms with E-state index < -0.39 is 0 Å². The Kier molecular flexibility index (Phi) is 5.26. The minimum atomic E-state index is -0.248. The van der Waals surface area contributed by atoms with Crippen LogP contribution in [-0.4, -0.2) is 22.1 Å². The number of aryl methyl sites for hydroxylation is 2. The van der Waals surface area contributed by atoms with Gasteiger partial charge in [-0.15, -0.1) is 11.3 Å². The fraction of sp³-hybridized carbons (Fsp3) is 0.190. The summed E-state index contributed by atoms with van der Waals surface area (Å²) in [7, 11) is 1.59. The third-order valence-corrected chi connectivity index (χ3v) is 5.27. The Balaban J connectivity index is 1.66. The number of ether oxygens (including phenoxy) is 2. The van der Waals surface area contributed by atoms with Crippen molar-refractivity contribution in [1.82, 2.24) is 15.0 Å². The highest BCUT2D eigenvalue weighted by atomic mass is 32.1. The second-order valence-electron chi connectivity index (χ2n) is 6.47. The lowest BCUT2D eigenvalue weighted by molar-refractivity contribution is 0.287. The summed E-state index contributed by atoms with van der Waals surface area (Å²) in [5.41, 5.74) is 2.00. The molecule has 2 aromatic heterocycles. The molecule has 0 aliphatic heterocycles. The number of anilines is 2. The van der Waals surface area contributed by atoms with Gasteiger partial charge in [0.2, 0.25) is 0 Å². The van der Waals surface area contributed by atoms with Crippen LogP contribution >= 0.6 is 11.3 Å². The molecule has 0 bridgehead atoms. The van der Waals surface area contributed by atoms with Crippen molar-refractivity contribution in [1.29, 1.82) is 0 Å². The molecule has 0 atom stereocenters. The van der Waals surface area contributed by atoms with Crippen molar-refractivity contribution in [2.24, 2.45) is 0 Å². The van der Waals surface area contributed by atoms with E-state index in [4.69, 9.17) is 9.47 Å². The monoisotopic (exact) mass is 410 g/mol. The molecule has 0 amide bonds. The van der Waals surface area contributed by atoms with Crippen LogP contribution < -0.4 is 14.8 Å². The van der Waals surface area contributed by atoms with Crippen molar-refractivity contribution in [3.8, 4) is 11.5 Å². The zero-order valence-corrected chi connectivity index (χ0v) is 17.0. The van der Waals surface area contributed by atoms with Gasteiger partial charge in [-0.1, -0.05) is 0 Å². The fourth-order valence-electron chi connectivity index (χ4n) is 2.92. The highest BCUT2D eigenvalue weighted by molar-refractivity contribution is 7.11. The third-order valence-electron chi connectivity index (χ3n) is 4.38. The largest absolute Gasteiger partial charge is 0.493 e. The van der Waals surface area contributed by atoms with Crippen molar-refractivity contribution >= 4 is 33.7 Å². The van der Waals surface area contributed by atoms with E-state index in [1.54, 1.807) is 37.5 Å².